The molecule has 33 heavy (non-hydrogen) atoms. The van der Waals surface area contributed by atoms with Crippen molar-refractivity contribution in [3.8, 4) is 11.5 Å². The fourth-order valence-corrected chi connectivity index (χ4v) is 4.79. The van der Waals surface area contributed by atoms with Gasteiger partial charge >= 0.3 is 0 Å². The molecule has 10 heteroatoms. The molecule has 1 fully saturated rings. The van der Waals surface area contributed by atoms with Gasteiger partial charge in [0.25, 0.3) is 0 Å². The van der Waals surface area contributed by atoms with Crippen LogP contribution >= 0.6 is 0 Å². The van der Waals surface area contributed by atoms with Gasteiger partial charge in [-0.2, -0.15) is 0 Å². The number of halogens is 1. The molecule has 176 valence electrons. The molecule has 0 bridgehead atoms. The second-order valence-corrected chi connectivity index (χ2v) is 10.2. The maximum absolute atomic E-state index is 14.2. The van der Waals surface area contributed by atoms with Gasteiger partial charge < -0.3 is 14.4 Å². The number of hydrogen-bond acceptors (Lipinski definition) is 7. The van der Waals surface area contributed by atoms with Gasteiger partial charge in [-0.15, -0.1) is 0 Å². The molecule has 0 spiro atoms. The number of morpholine rings is 1. The highest BCUT2D eigenvalue weighted by Gasteiger charge is 2.15. The number of sulfonamides is 1. The summed E-state index contributed by atoms with van der Waals surface area (Å²) in [5.41, 5.74) is 1.46. The van der Waals surface area contributed by atoms with Gasteiger partial charge in [-0.05, 0) is 30.5 Å². The van der Waals surface area contributed by atoms with Crippen molar-refractivity contribution in [1.29, 1.82) is 0 Å². The fraction of sp³-hybridized carbons (Fsp3) is 0.391. The molecule has 2 aromatic carbocycles. The van der Waals surface area contributed by atoms with Gasteiger partial charge in [0, 0.05) is 31.3 Å². The molecule has 0 atom stereocenters. The summed E-state index contributed by atoms with van der Waals surface area (Å²) in [5.74, 6) is 0.971. The highest BCUT2D eigenvalue weighted by molar-refractivity contribution is 7.92. The van der Waals surface area contributed by atoms with Crippen molar-refractivity contribution in [2.24, 2.45) is 5.92 Å². The largest absolute Gasteiger partial charge is 0.457 e. The maximum atomic E-state index is 14.2. The number of nitrogens with one attached hydrogen (secondary N) is 1. The first-order chi connectivity index (χ1) is 15.8. The molecule has 1 N–H and O–H groups in total. The van der Waals surface area contributed by atoms with Crippen LogP contribution in [0.5, 0.6) is 11.5 Å². The summed E-state index contributed by atoms with van der Waals surface area (Å²) in [4.78, 5) is 11.3. The fourth-order valence-electron chi connectivity index (χ4n) is 3.43. The summed E-state index contributed by atoms with van der Waals surface area (Å²) in [7, 11) is -3.58. The lowest BCUT2D eigenvalue weighted by Gasteiger charge is -2.27. The van der Waals surface area contributed by atoms with Crippen molar-refractivity contribution < 1.29 is 22.3 Å². The number of nitrogens with zero attached hydrogens (tertiary/aromatic N) is 3. The van der Waals surface area contributed by atoms with Crippen molar-refractivity contribution >= 4 is 32.6 Å². The predicted octanol–water partition coefficient (Wildman–Crippen LogP) is 4.19. The van der Waals surface area contributed by atoms with Crippen LogP contribution in [0.15, 0.2) is 42.6 Å². The summed E-state index contributed by atoms with van der Waals surface area (Å²) in [5, 5.41) is 0. The third-order valence-corrected chi connectivity index (χ3v) is 6.50. The Morgan fingerprint density at radius 2 is 1.91 bits per heavy atom. The van der Waals surface area contributed by atoms with Gasteiger partial charge in [-0.3, -0.25) is 9.71 Å². The number of fused-ring (bicyclic) bond motifs is 1. The van der Waals surface area contributed by atoms with E-state index in [1.54, 1.807) is 24.4 Å². The second-order valence-electron chi connectivity index (χ2n) is 8.36. The molecule has 1 aliphatic heterocycles. The SMILES string of the molecule is CC(C)CCS(=O)(=O)Nc1cc(F)cc(Oc2ccc3ncc(N4CCOCC4)nc3c2)c1. The Kier molecular flexibility index (Phi) is 6.94. The standard InChI is InChI=1S/C23H27FN4O4S/c1-16(2)5-10-33(29,30)27-18-11-17(24)12-20(13-18)32-19-3-4-21-22(14-19)26-23(15-25-21)28-6-8-31-9-7-28/h3-4,11-16,27H,5-10H2,1-2H3. The van der Waals surface area contributed by atoms with Crippen molar-refractivity contribution in [2.75, 3.05) is 41.7 Å². The van der Waals surface area contributed by atoms with Crippen molar-refractivity contribution in [1.82, 2.24) is 9.97 Å². The molecule has 2 heterocycles. The van der Waals surface area contributed by atoms with E-state index in [4.69, 9.17) is 9.47 Å². The van der Waals surface area contributed by atoms with E-state index in [1.807, 2.05) is 13.8 Å². The molecule has 0 saturated carbocycles. The van der Waals surface area contributed by atoms with Gasteiger partial charge in [0.15, 0.2) is 0 Å². The Morgan fingerprint density at radius 1 is 1.12 bits per heavy atom. The molecule has 0 radical (unpaired) electrons. The molecule has 0 aliphatic carbocycles. The number of ether oxygens (including phenoxy) is 2. The minimum atomic E-state index is -3.58. The van der Waals surface area contributed by atoms with Gasteiger partial charge in [0.1, 0.15) is 23.1 Å². The third kappa shape index (κ3) is 6.29. The van der Waals surface area contributed by atoms with Gasteiger partial charge in [0.05, 0.1) is 41.9 Å². The van der Waals surface area contributed by atoms with Crippen LogP contribution in [0.25, 0.3) is 11.0 Å². The highest BCUT2D eigenvalue weighted by Crippen LogP contribution is 2.29. The first-order valence-corrected chi connectivity index (χ1v) is 12.5. The average molecular weight is 475 g/mol. The van der Waals surface area contributed by atoms with E-state index in [9.17, 15) is 12.8 Å². The van der Waals surface area contributed by atoms with Crippen molar-refractivity contribution in [2.45, 2.75) is 20.3 Å². The van der Waals surface area contributed by atoms with E-state index in [-0.39, 0.29) is 23.1 Å². The van der Waals surface area contributed by atoms with Crippen LogP contribution in [0, 0.1) is 11.7 Å². The van der Waals surface area contributed by atoms with Crippen molar-refractivity contribution in [3.05, 3.63) is 48.4 Å². The van der Waals surface area contributed by atoms with Crippen LogP contribution in [0.3, 0.4) is 0 Å². The molecule has 0 unspecified atom stereocenters. The number of benzene rings is 2. The van der Waals surface area contributed by atoms with Crippen LogP contribution in [-0.2, 0) is 14.8 Å². The quantitative estimate of drug-likeness (QED) is 0.523. The van der Waals surface area contributed by atoms with E-state index >= 15 is 0 Å². The first kappa shape index (κ1) is 23.2. The Balaban J connectivity index is 1.53. The van der Waals surface area contributed by atoms with Gasteiger partial charge in [-0.1, -0.05) is 13.8 Å². The molecule has 0 amide bonds. The minimum Gasteiger partial charge on any atom is -0.457 e. The summed E-state index contributed by atoms with van der Waals surface area (Å²) in [6.07, 6.45) is 2.25. The summed E-state index contributed by atoms with van der Waals surface area (Å²) in [6.45, 7) is 6.67. The molecule has 4 rings (SSSR count). The summed E-state index contributed by atoms with van der Waals surface area (Å²) >= 11 is 0. The van der Waals surface area contributed by atoms with E-state index in [2.05, 4.69) is 19.6 Å². The van der Waals surface area contributed by atoms with Crippen LogP contribution in [0.1, 0.15) is 20.3 Å². The third-order valence-electron chi connectivity index (χ3n) is 5.18. The molecule has 1 saturated heterocycles. The number of hydrogen-bond donors (Lipinski definition) is 1. The van der Waals surface area contributed by atoms with Crippen LogP contribution in [-0.4, -0.2) is 50.4 Å². The van der Waals surface area contributed by atoms with Crippen LogP contribution < -0.4 is 14.4 Å². The lowest BCUT2D eigenvalue weighted by atomic mass is 10.2. The van der Waals surface area contributed by atoms with E-state index in [1.165, 1.54) is 12.1 Å². The van der Waals surface area contributed by atoms with Crippen LogP contribution in [0.4, 0.5) is 15.9 Å². The summed E-state index contributed by atoms with van der Waals surface area (Å²) in [6, 6.07) is 8.99. The van der Waals surface area contributed by atoms with Crippen molar-refractivity contribution in [3.63, 3.8) is 0 Å². The molecular formula is C23H27FN4O4S. The Hall–Kier alpha value is -2.98. The number of anilines is 2. The van der Waals surface area contributed by atoms with Gasteiger partial charge in [0.2, 0.25) is 10.0 Å². The highest BCUT2D eigenvalue weighted by atomic mass is 32.2. The zero-order valence-electron chi connectivity index (χ0n) is 18.6. The van der Waals surface area contributed by atoms with E-state index in [0.717, 1.165) is 25.0 Å². The Labute approximate surface area is 192 Å². The molecule has 1 aliphatic rings. The zero-order chi connectivity index (χ0) is 23.4. The monoisotopic (exact) mass is 474 g/mol. The topological polar surface area (TPSA) is 93.7 Å². The second kappa shape index (κ2) is 9.88. The lowest BCUT2D eigenvalue weighted by Crippen LogP contribution is -2.36. The average Bonchev–Trinajstić information content (AvgIpc) is 2.77. The molecule has 3 aromatic rings. The van der Waals surface area contributed by atoms with E-state index in [0.29, 0.717) is 36.4 Å². The Bertz CT molecular complexity index is 1230. The molecule has 8 nitrogen and oxygen atoms in total. The molecule has 1 aromatic heterocycles. The summed E-state index contributed by atoms with van der Waals surface area (Å²) < 4.78 is 52.4. The number of aromatic nitrogens is 2. The lowest BCUT2D eigenvalue weighted by molar-refractivity contribution is 0.122. The van der Waals surface area contributed by atoms with Crippen LogP contribution in [0.2, 0.25) is 0 Å². The normalized spacial score (nSPS) is 14.6. The smallest absolute Gasteiger partial charge is 0.232 e. The minimum absolute atomic E-state index is 0.0355. The Morgan fingerprint density at radius 3 is 2.67 bits per heavy atom. The predicted molar refractivity (Wildman–Crippen MR) is 126 cm³/mol. The first-order valence-electron chi connectivity index (χ1n) is 10.9. The van der Waals surface area contributed by atoms with E-state index < -0.39 is 15.8 Å². The number of rotatable bonds is 8. The molecular weight excluding hydrogens is 447 g/mol. The zero-order valence-corrected chi connectivity index (χ0v) is 19.4. The van der Waals surface area contributed by atoms with Gasteiger partial charge in [-0.25, -0.2) is 17.8 Å². The maximum Gasteiger partial charge on any atom is 0.232 e.